The summed E-state index contributed by atoms with van der Waals surface area (Å²) in [7, 11) is -1.10. The van der Waals surface area contributed by atoms with Crippen LogP contribution in [0.2, 0.25) is 0 Å². The van der Waals surface area contributed by atoms with Gasteiger partial charge in [-0.15, -0.1) is 11.8 Å². The van der Waals surface area contributed by atoms with Crippen molar-refractivity contribution in [2.45, 2.75) is 38.3 Å². The number of sulfonamides is 1. The van der Waals surface area contributed by atoms with Crippen LogP contribution in [-0.2, 0) is 32.5 Å². The molecular formula is C26H32N4O6S2. The van der Waals surface area contributed by atoms with Gasteiger partial charge in [0.2, 0.25) is 5.88 Å². The van der Waals surface area contributed by atoms with Gasteiger partial charge in [0.05, 0.1) is 18.8 Å². The van der Waals surface area contributed by atoms with Gasteiger partial charge >= 0.3 is 16.2 Å². The van der Waals surface area contributed by atoms with Gasteiger partial charge in [-0.1, -0.05) is 49.4 Å². The van der Waals surface area contributed by atoms with Crippen LogP contribution in [0.5, 0.6) is 5.88 Å². The van der Waals surface area contributed by atoms with Crippen molar-refractivity contribution in [2.24, 2.45) is 0 Å². The molecule has 1 aromatic heterocycles. The van der Waals surface area contributed by atoms with Crippen LogP contribution in [0.25, 0.3) is 11.1 Å². The molecule has 0 amide bonds. The number of hydrazine groups is 1. The highest BCUT2D eigenvalue weighted by Crippen LogP contribution is 2.34. The van der Waals surface area contributed by atoms with Crippen LogP contribution in [0.4, 0.5) is 10.5 Å². The second-order valence-corrected chi connectivity index (χ2v) is 10.8. The highest BCUT2D eigenvalue weighted by atomic mass is 32.2. The van der Waals surface area contributed by atoms with E-state index in [0.717, 1.165) is 27.8 Å². The van der Waals surface area contributed by atoms with Crippen molar-refractivity contribution >= 4 is 39.2 Å². The molecule has 0 N–H and O–H groups in total. The fourth-order valence-electron chi connectivity index (χ4n) is 3.97. The lowest BCUT2D eigenvalue weighted by molar-refractivity contribution is 0.0998. The number of para-hydroxylation sites is 1. The zero-order valence-electron chi connectivity index (χ0n) is 22.1. The molecular weight excluding hydrogens is 528 g/mol. The van der Waals surface area contributed by atoms with Gasteiger partial charge in [-0.25, -0.2) is 14.8 Å². The van der Waals surface area contributed by atoms with Gasteiger partial charge in [0.25, 0.3) is 5.62 Å². The van der Waals surface area contributed by atoms with Gasteiger partial charge in [-0.05, 0) is 36.8 Å². The Morgan fingerprint density at radius 1 is 1.11 bits per heavy atom. The number of nitrogens with zero attached hydrogens (tertiary/aromatic N) is 4. The topological polar surface area (TPSA) is 111 Å². The van der Waals surface area contributed by atoms with Crippen molar-refractivity contribution in [3.8, 4) is 17.0 Å². The smallest absolute Gasteiger partial charge is 0.434 e. The van der Waals surface area contributed by atoms with Crippen molar-refractivity contribution < 1.29 is 27.5 Å². The second kappa shape index (κ2) is 12.9. The monoisotopic (exact) mass is 560 g/mol. The molecule has 0 aliphatic carbocycles. The normalized spacial score (nSPS) is 11.4. The van der Waals surface area contributed by atoms with Crippen LogP contribution in [0.3, 0.4) is 0 Å². The van der Waals surface area contributed by atoms with E-state index < -0.39 is 16.2 Å². The zero-order chi connectivity index (χ0) is 27.9. The van der Waals surface area contributed by atoms with E-state index in [1.165, 1.54) is 16.8 Å². The van der Waals surface area contributed by atoms with Crippen LogP contribution in [0.15, 0.2) is 53.6 Å². The summed E-state index contributed by atoms with van der Waals surface area (Å²) in [6.45, 7) is 4.37. The Balaban J connectivity index is 1.99. The molecule has 38 heavy (non-hydrogen) atoms. The molecule has 0 atom stereocenters. The summed E-state index contributed by atoms with van der Waals surface area (Å²) in [5.41, 5.74) is 2.62. The van der Waals surface area contributed by atoms with Gasteiger partial charge in [0.1, 0.15) is 5.82 Å². The first-order valence-corrected chi connectivity index (χ1v) is 14.7. The van der Waals surface area contributed by atoms with E-state index in [0.29, 0.717) is 35.1 Å². The van der Waals surface area contributed by atoms with E-state index in [1.807, 2.05) is 35.1 Å². The summed E-state index contributed by atoms with van der Waals surface area (Å²) in [4.78, 5) is 28.1. The average molecular weight is 561 g/mol. The largest absolute Gasteiger partial charge is 0.515 e. The first-order chi connectivity index (χ1) is 18.2. The predicted octanol–water partition coefficient (Wildman–Crippen LogP) is 4.61. The fraction of sp³-hybridized carbons (Fsp3) is 0.346. The third-order valence-corrected chi connectivity index (χ3v) is 7.42. The third kappa shape index (κ3) is 6.55. The minimum atomic E-state index is -4.21. The van der Waals surface area contributed by atoms with Gasteiger partial charge in [0, 0.05) is 26.1 Å². The molecule has 0 saturated heterocycles. The molecule has 10 nitrogen and oxygen atoms in total. The number of hydrogen-bond donors (Lipinski definition) is 0. The molecule has 204 valence electrons. The lowest BCUT2D eigenvalue weighted by atomic mass is 10.0. The molecule has 2 aromatic carbocycles. The van der Waals surface area contributed by atoms with Gasteiger partial charge < -0.3 is 9.47 Å². The van der Waals surface area contributed by atoms with E-state index in [9.17, 15) is 18.0 Å². The van der Waals surface area contributed by atoms with Crippen LogP contribution < -0.4 is 9.15 Å². The standard InChI is InChI=1S/C26H32N4O6S2/c1-6-10-23-27-24(37-5)25(36-26(32)35-7-2)29(23)17-19-13-15-20(16-14-19)21-11-8-9-12-22(21)30(28(3)4)38(33,34)18-31/h8-9,11-16,18H,6-7,10,17H2,1-5H3. The zero-order valence-corrected chi connectivity index (χ0v) is 23.7. The number of imidazole rings is 1. The molecule has 0 bridgehead atoms. The summed E-state index contributed by atoms with van der Waals surface area (Å²) < 4.78 is 38.4. The van der Waals surface area contributed by atoms with Crippen molar-refractivity contribution in [1.82, 2.24) is 14.6 Å². The number of aromatic nitrogens is 2. The molecule has 0 saturated carbocycles. The predicted molar refractivity (Wildman–Crippen MR) is 148 cm³/mol. The summed E-state index contributed by atoms with van der Waals surface area (Å²) in [5, 5.41) is 1.95. The van der Waals surface area contributed by atoms with Crippen molar-refractivity contribution in [3.05, 3.63) is 59.9 Å². The maximum Gasteiger partial charge on any atom is 0.515 e. The minimum Gasteiger partial charge on any atom is -0.434 e. The molecule has 3 rings (SSSR count). The fourth-order valence-corrected chi connectivity index (χ4v) is 5.46. The van der Waals surface area contributed by atoms with Crippen molar-refractivity contribution in [2.75, 3.05) is 31.4 Å². The van der Waals surface area contributed by atoms with E-state index in [4.69, 9.17) is 9.47 Å². The Bertz CT molecular complexity index is 1370. The van der Waals surface area contributed by atoms with Crippen LogP contribution in [-0.4, -0.2) is 61.7 Å². The van der Waals surface area contributed by atoms with Crippen LogP contribution in [0.1, 0.15) is 31.7 Å². The number of thioether (sulfide) groups is 1. The van der Waals surface area contributed by atoms with Gasteiger partial charge in [0.15, 0.2) is 5.03 Å². The number of aryl methyl sites for hydroxylation is 1. The van der Waals surface area contributed by atoms with E-state index in [1.54, 1.807) is 45.3 Å². The molecule has 0 aliphatic rings. The highest BCUT2D eigenvalue weighted by molar-refractivity contribution is 8.05. The molecule has 0 spiro atoms. The quantitative estimate of drug-likeness (QED) is 0.136. The SMILES string of the molecule is CCCc1nc(SC)c(OC(=O)OCC)n1Cc1ccc(-c2ccccc2N(N(C)C)S(=O)(=O)C=O)cc1. The Kier molecular flexibility index (Phi) is 9.95. The Morgan fingerprint density at radius 2 is 1.79 bits per heavy atom. The number of benzene rings is 2. The average Bonchev–Trinajstić information content (AvgIpc) is 3.20. The molecule has 0 unspecified atom stereocenters. The Labute approximate surface area is 227 Å². The first-order valence-electron chi connectivity index (χ1n) is 12.0. The number of anilines is 1. The van der Waals surface area contributed by atoms with Crippen molar-refractivity contribution in [1.29, 1.82) is 0 Å². The molecule has 3 aromatic rings. The second-order valence-electron chi connectivity index (χ2n) is 8.41. The molecule has 0 radical (unpaired) electrons. The van der Waals surface area contributed by atoms with Crippen LogP contribution >= 0.6 is 11.8 Å². The first kappa shape index (κ1) is 29.2. The summed E-state index contributed by atoms with van der Waals surface area (Å²) in [6, 6.07) is 14.6. The number of carbonyl (C=O) groups excluding carboxylic acids is 2. The van der Waals surface area contributed by atoms with Crippen LogP contribution in [0, 0.1) is 0 Å². The summed E-state index contributed by atoms with van der Waals surface area (Å²) in [6.07, 6.45) is 2.66. The van der Waals surface area contributed by atoms with Crippen molar-refractivity contribution in [3.63, 3.8) is 0 Å². The van der Waals surface area contributed by atoms with E-state index in [-0.39, 0.29) is 12.2 Å². The lowest BCUT2D eigenvalue weighted by Crippen LogP contribution is -2.42. The Hall–Kier alpha value is -3.35. The lowest BCUT2D eigenvalue weighted by Gasteiger charge is -2.29. The Morgan fingerprint density at radius 3 is 2.37 bits per heavy atom. The summed E-state index contributed by atoms with van der Waals surface area (Å²) >= 11 is 1.39. The number of carbonyl (C=O) groups is 2. The molecule has 12 heteroatoms. The van der Waals surface area contributed by atoms with Gasteiger partial charge in [-0.2, -0.15) is 12.8 Å². The molecule has 1 heterocycles. The number of rotatable bonds is 12. The molecule has 0 fully saturated rings. The summed E-state index contributed by atoms with van der Waals surface area (Å²) in [5.74, 6) is 1.14. The number of hydrogen-bond acceptors (Lipinski definition) is 9. The maximum atomic E-state index is 12.5. The van der Waals surface area contributed by atoms with Gasteiger partial charge in [-0.3, -0.25) is 9.36 Å². The maximum absolute atomic E-state index is 12.5. The van der Waals surface area contributed by atoms with E-state index in [2.05, 4.69) is 11.9 Å². The minimum absolute atomic E-state index is 0.0648. The molecule has 0 aliphatic heterocycles. The highest BCUT2D eigenvalue weighted by Gasteiger charge is 2.27. The van der Waals surface area contributed by atoms with E-state index >= 15 is 0 Å². The third-order valence-electron chi connectivity index (χ3n) is 5.52. The number of ether oxygens (including phenoxy) is 2.